The van der Waals surface area contributed by atoms with E-state index in [1.54, 1.807) is 0 Å². The molecule has 0 aromatic carbocycles. The molecule has 0 atom stereocenters. The van der Waals surface area contributed by atoms with Gasteiger partial charge < -0.3 is 29.7 Å². The summed E-state index contributed by atoms with van der Waals surface area (Å²) >= 11 is 9.99. The summed E-state index contributed by atoms with van der Waals surface area (Å²) in [7, 11) is 0. The van der Waals surface area contributed by atoms with E-state index in [9.17, 15) is 0 Å². The molecule has 0 spiro atoms. The van der Waals surface area contributed by atoms with Gasteiger partial charge in [0.25, 0.3) is 0 Å². The van der Waals surface area contributed by atoms with Gasteiger partial charge in [0, 0.05) is 34.2 Å². The Morgan fingerprint density at radius 2 is 1.46 bits per heavy atom. The van der Waals surface area contributed by atoms with Crippen LogP contribution in [0.1, 0.15) is 27.7 Å². The van der Waals surface area contributed by atoms with Gasteiger partial charge in [-0.1, -0.05) is 32.0 Å². The van der Waals surface area contributed by atoms with Crippen LogP contribution in [-0.2, 0) is 33.7 Å². The van der Waals surface area contributed by atoms with E-state index in [4.69, 9.17) is 24.8 Å². The molecule has 0 saturated heterocycles. The molecule has 0 aliphatic rings. The topological polar surface area (TPSA) is 3.24 Å². The largest absolute Gasteiger partial charge is 0.411 e. The van der Waals surface area contributed by atoms with Gasteiger partial charge in [-0.05, 0) is 11.8 Å². The van der Waals surface area contributed by atoms with Crippen LogP contribution < -0.4 is 0 Å². The summed E-state index contributed by atoms with van der Waals surface area (Å²) < 4.78 is 0.609. The summed E-state index contributed by atoms with van der Waals surface area (Å²) in [6.07, 6.45) is 0. The molecule has 0 fully saturated rings. The Bertz CT molecular complexity index is 139. The van der Waals surface area contributed by atoms with Crippen LogP contribution in [0.4, 0.5) is 0 Å². The molecular formula is C9H18MoNS2-. The van der Waals surface area contributed by atoms with Crippen molar-refractivity contribution in [3.8, 4) is 0 Å². The molecule has 0 heterocycles. The Labute approximate surface area is 107 Å². The fourth-order valence-electron chi connectivity index (χ4n) is 1.11. The minimum absolute atomic E-state index is 0. The molecule has 0 unspecified atom stereocenters. The maximum Gasteiger partial charge on any atom is 0.0185 e. The first kappa shape index (κ1) is 16.2. The fraction of sp³-hybridized carbons (Fsp3) is 0.889. The molecule has 0 amide bonds. The van der Waals surface area contributed by atoms with Crippen molar-refractivity contribution in [1.82, 2.24) is 4.90 Å². The van der Waals surface area contributed by atoms with Gasteiger partial charge >= 0.3 is 0 Å². The average molecular weight is 300 g/mol. The smallest absolute Gasteiger partial charge is 0.0185 e. The Hall–Kier alpha value is 0.798. The maximum absolute atomic E-state index is 4.99. The molecule has 0 aliphatic heterocycles. The third kappa shape index (κ3) is 9.11. The Morgan fingerprint density at radius 3 is 1.62 bits per heavy atom. The van der Waals surface area contributed by atoms with Crippen molar-refractivity contribution < 1.29 is 21.1 Å². The molecule has 13 heavy (non-hydrogen) atoms. The van der Waals surface area contributed by atoms with E-state index in [1.807, 2.05) is 0 Å². The van der Waals surface area contributed by atoms with Crippen molar-refractivity contribution in [3.05, 3.63) is 0 Å². The van der Waals surface area contributed by atoms with Gasteiger partial charge in [0.1, 0.15) is 0 Å². The van der Waals surface area contributed by atoms with Crippen LogP contribution in [-0.4, -0.2) is 22.3 Å². The molecule has 1 nitrogen and oxygen atoms in total. The minimum Gasteiger partial charge on any atom is -0.411 e. The van der Waals surface area contributed by atoms with Gasteiger partial charge in [-0.2, -0.15) is 0 Å². The van der Waals surface area contributed by atoms with Crippen molar-refractivity contribution in [2.24, 2.45) is 11.8 Å². The number of hydrogen-bond donors (Lipinski definition) is 0. The van der Waals surface area contributed by atoms with E-state index in [-0.39, 0.29) is 21.1 Å². The fourth-order valence-corrected chi connectivity index (χ4v) is 1.40. The number of hydrogen-bond acceptors (Lipinski definition) is 2. The van der Waals surface area contributed by atoms with Crippen molar-refractivity contribution in [2.45, 2.75) is 27.7 Å². The second-order valence-electron chi connectivity index (χ2n) is 3.96. The summed E-state index contributed by atoms with van der Waals surface area (Å²) in [5, 5.41) is 0. The second kappa shape index (κ2) is 8.14. The summed E-state index contributed by atoms with van der Waals surface area (Å²) in [5.41, 5.74) is 0. The Balaban J connectivity index is 0. The van der Waals surface area contributed by atoms with Gasteiger partial charge in [0.2, 0.25) is 0 Å². The molecule has 0 radical (unpaired) electrons. The van der Waals surface area contributed by atoms with Crippen molar-refractivity contribution in [2.75, 3.05) is 13.1 Å². The normalized spacial score (nSPS) is 10.0. The molecular weight excluding hydrogens is 282 g/mol. The predicted molar refractivity (Wildman–Crippen MR) is 61.2 cm³/mol. The van der Waals surface area contributed by atoms with Crippen molar-refractivity contribution in [3.63, 3.8) is 0 Å². The van der Waals surface area contributed by atoms with Crippen LogP contribution in [0.15, 0.2) is 0 Å². The van der Waals surface area contributed by atoms with Gasteiger partial charge in [-0.25, -0.2) is 0 Å². The van der Waals surface area contributed by atoms with E-state index >= 15 is 0 Å². The third-order valence-electron chi connectivity index (χ3n) is 1.43. The van der Waals surface area contributed by atoms with E-state index < -0.39 is 0 Å². The van der Waals surface area contributed by atoms with Crippen LogP contribution in [0.2, 0.25) is 0 Å². The van der Waals surface area contributed by atoms with E-state index in [2.05, 4.69) is 32.6 Å². The first-order valence-electron chi connectivity index (χ1n) is 4.39. The Morgan fingerprint density at radius 1 is 1.15 bits per heavy atom. The van der Waals surface area contributed by atoms with Crippen LogP contribution in [0.25, 0.3) is 0 Å². The molecule has 0 aliphatic carbocycles. The van der Waals surface area contributed by atoms with E-state index in [0.717, 1.165) is 13.1 Å². The summed E-state index contributed by atoms with van der Waals surface area (Å²) in [6.45, 7) is 10.7. The van der Waals surface area contributed by atoms with Crippen LogP contribution in [0.5, 0.6) is 0 Å². The number of rotatable bonds is 4. The van der Waals surface area contributed by atoms with Crippen LogP contribution >= 0.6 is 12.2 Å². The van der Waals surface area contributed by atoms with Gasteiger partial charge in [0.05, 0.1) is 0 Å². The summed E-state index contributed by atoms with van der Waals surface area (Å²) in [4.78, 5) is 2.11. The molecule has 0 rings (SSSR count). The molecule has 0 N–H and O–H groups in total. The van der Waals surface area contributed by atoms with Crippen molar-refractivity contribution in [1.29, 1.82) is 0 Å². The summed E-state index contributed by atoms with van der Waals surface area (Å²) in [5.74, 6) is 1.26. The molecule has 78 valence electrons. The predicted octanol–water partition coefficient (Wildman–Crippen LogP) is 2.43. The standard InChI is InChI=1S/C9H19NS2.Mo/c1-7(2)5-10(9(11)12)6-8(3)4;/h7-8H,5-6H2,1-4H3,(H,11,12);/p-1. The first-order chi connectivity index (χ1) is 5.43. The number of thiocarbonyl (C=S) groups is 1. The third-order valence-corrected chi connectivity index (χ3v) is 1.95. The van der Waals surface area contributed by atoms with Gasteiger partial charge in [0.15, 0.2) is 0 Å². The van der Waals surface area contributed by atoms with Gasteiger partial charge in [-0.15, -0.1) is 0 Å². The molecule has 0 aromatic rings. The van der Waals surface area contributed by atoms with E-state index in [0.29, 0.717) is 16.2 Å². The monoisotopic (exact) mass is 302 g/mol. The number of nitrogens with zero attached hydrogens (tertiary/aromatic N) is 1. The Kier molecular flexibility index (Phi) is 10.2. The molecule has 0 bridgehead atoms. The zero-order chi connectivity index (χ0) is 9.72. The first-order valence-corrected chi connectivity index (χ1v) is 5.21. The average Bonchev–Trinajstić information content (AvgIpc) is 1.83. The zero-order valence-electron chi connectivity index (χ0n) is 8.74. The second-order valence-corrected chi connectivity index (χ2v) is 4.99. The van der Waals surface area contributed by atoms with Gasteiger partial charge in [-0.3, -0.25) is 0 Å². The molecule has 0 saturated carbocycles. The minimum atomic E-state index is 0. The zero-order valence-corrected chi connectivity index (χ0v) is 12.4. The van der Waals surface area contributed by atoms with Crippen molar-refractivity contribution >= 4 is 29.2 Å². The van der Waals surface area contributed by atoms with Crippen LogP contribution in [0, 0.1) is 11.8 Å². The van der Waals surface area contributed by atoms with E-state index in [1.165, 1.54) is 0 Å². The maximum atomic E-state index is 4.99. The summed E-state index contributed by atoms with van der Waals surface area (Å²) in [6, 6.07) is 0. The quantitative estimate of drug-likeness (QED) is 0.446. The SMILES string of the molecule is CC(C)CN(CC(C)C)C(=S)[S-].[Mo]. The van der Waals surface area contributed by atoms with Crippen LogP contribution in [0.3, 0.4) is 0 Å². The molecule has 4 heteroatoms. The molecule has 0 aromatic heterocycles.